The van der Waals surface area contributed by atoms with Crippen LogP contribution in [-0.4, -0.2) is 31.9 Å². The number of benzene rings is 1. The highest BCUT2D eigenvalue weighted by molar-refractivity contribution is 7.89. The van der Waals surface area contributed by atoms with Crippen LogP contribution in [0.3, 0.4) is 0 Å². The van der Waals surface area contributed by atoms with E-state index in [1.807, 2.05) is 4.72 Å². The Morgan fingerprint density at radius 1 is 1.35 bits per heavy atom. The summed E-state index contributed by atoms with van der Waals surface area (Å²) in [6.07, 6.45) is 0. The van der Waals surface area contributed by atoms with Crippen LogP contribution in [0.1, 0.15) is 10.4 Å². The van der Waals surface area contributed by atoms with E-state index in [-0.39, 0.29) is 10.5 Å². The first-order valence-corrected chi connectivity index (χ1v) is 5.92. The van der Waals surface area contributed by atoms with Crippen LogP contribution in [0.25, 0.3) is 0 Å². The van der Waals surface area contributed by atoms with Crippen molar-refractivity contribution in [2.45, 2.75) is 4.90 Å². The lowest BCUT2D eigenvalue weighted by Gasteiger charge is -2.05. The quantitative estimate of drug-likeness (QED) is 0.634. The first kappa shape index (κ1) is 13.1. The summed E-state index contributed by atoms with van der Waals surface area (Å²) in [7, 11) is -3.93. The Hall–Kier alpha value is -1.93. The highest BCUT2D eigenvalue weighted by Crippen LogP contribution is 2.11. The van der Waals surface area contributed by atoms with Crippen LogP contribution < -0.4 is 10.5 Å². The number of rotatable bonds is 5. The number of carbonyl (C=O) groups is 2. The number of nitrogens with two attached hydrogens (primary N) is 1. The van der Waals surface area contributed by atoms with Crippen LogP contribution in [0.4, 0.5) is 0 Å². The molecule has 0 radical (unpaired) electrons. The van der Waals surface area contributed by atoms with Gasteiger partial charge < -0.3 is 10.8 Å². The van der Waals surface area contributed by atoms with Gasteiger partial charge in [-0.05, 0) is 18.2 Å². The Labute approximate surface area is 97.3 Å². The lowest BCUT2D eigenvalue weighted by molar-refractivity contribution is -0.116. The van der Waals surface area contributed by atoms with Gasteiger partial charge in [-0.2, -0.15) is 0 Å². The van der Waals surface area contributed by atoms with E-state index >= 15 is 0 Å². The zero-order chi connectivity index (χ0) is 13.1. The molecule has 0 unspecified atom stereocenters. The number of sulfonamides is 1. The van der Waals surface area contributed by atoms with Crippen LogP contribution in [0.5, 0.6) is 0 Å². The summed E-state index contributed by atoms with van der Waals surface area (Å²) in [5.74, 6) is -2.07. The molecule has 0 aliphatic rings. The molecule has 0 bridgehead atoms. The van der Waals surface area contributed by atoms with Crippen molar-refractivity contribution in [3.8, 4) is 0 Å². The van der Waals surface area contributed by atoms with Crippen LogP contribution in [-0.2, 0) is 14.8 Å². The molecule has 1 aromatic carbocycles. The first-order chi connectivity index (χ1) is 7.83. The summed E-state index contributed by atoms with van der Waals surface area (Å²) in [5.41, 5.74) is 4.64. The molecule has 0 spiro atoms. The highest BCUT2D eigenvalue weighted by atomic mass is 32.2. The van der Waals surface area contributed by atoms with E-state index in [9.17, 15) is 18.0 Å². The number of carbonyl (C=O) groups excluding carboxylic acids is 1. The van der Waals surface area contributed by atoms with Gasteiger partial charge in [0.05, 0.1) is 17.0 Å². The normalized spacial score (nSPS) is 11.1. The maximum absolute atomic E-state index is 11.6. The third-order valence-corrected chi connectivity index (χ3v) is 3.23. The Morgan fingerprint density at radius 3 is 2.53 bits per heavy atom. The van der Waals surface area contributed by atoms with Crippen molar-refractivity contribution in [1.29, 1.82) is 0 Å². The van der Waals surface area contributed by atoms with E-state index in [0.717, 1.165) is 6.07 Å². The van der Waals surface area contributed by atoms with E-state index in [1.54, 1.807) is 0 Å². The molecule has 8 heteroatoms. The summed E-state index contributed by atoms with van der Waals surface area (Å²) in [6.45, 7) is -0.542. The second-order valence-electron chi connectivity index (χ2n) is 3.12. The largest absolute Gasteiger partial charge is 0.478 e. The van der Waals surface area contributed by atoms with Crippen molar-refractivity contribution in [3.63, 3.8) is 0 Å². The standard InChI is InChI=1S/C9H10N2O5S/c10-8(12)5-11-17(15,16)7-3-1-2-6(4-7)9(13)14/h1-4,11H,5H2,(H2,10,12)(H,13,14). The Balaban J connectivity index is 3.03. The smallest absolute Gasteiger partial charge is 0.335 e. The average molecular weight is 258 g/mol. The predicted molar refractivity (Wildman–Crippen MR) is 57.8 cm³/mol. The van der Waals surface area contributed by atoms with Gasteiger partial charge in [0, 0.05) is 0 Å². The lowest BCUT2D eigenvalue weighted by Crippen LogP contribution is -2.33. The van der Waals surface area contributed by atoms with Gasteiger partial charge in [-0.15, -0.1) is 0 Å². The molecule has 0 saturated carbocycles. The van der Waals surface area contributed by atoms with Gasteiger partial charge in [-0.25, -0.2) is 17.9 Å². The predicted octanol–water partition coefficient (Wildman–Crippen LogP) is -0.852. The Morgan fingerprint density at radius 2 is 2.00 bits per heavy atom. The molecule has 17 heavy (non-hydrogen) atoms. The maximum Gasteiger partial charge on any atom is 0.335 e. The zero-order valence-electron chi connectivity index (χ0n) is 8.58. The third kappa shape index (κ3) is 3.54. The number of carboxylic acids is 1. The van der Waals surface area contributed by atoms with Gasteiger partial charge in [-0.1, -0.05) is 6.07 Å². The first-order valence-electron chi connectivity index (χ1n) is 4.44. The molecular formula is C9H10N2O5S. The van der Waals surface area contributed by atoms with Gasteiger partial charge in [0.1, 0.15) is 0 Å². The van der Waals surface area contributed by atoms with Gasteiger partial charge in [0.15, 0.2) is 0 Å². The fourth-order valence-electron chi connectivity index (χ4n) is 1.05. The lowest BCUT2D eigenvalue weighted by atomic mass is 10.2. The molecule has 0 heterocycles. The van der Waals surface area contributed by atoms with E-state index in [2.05, 4.69) is 0 Å². The summed E-state index contributed by atoms with van der Waals surface area (Å²) < 4.78 is 25.1. The minimum Gasteiger partial charge on any atom is -0.478 e. The molecule has 0 atom stereocenters. The molecule has 0 fully saturated rings. The SMILES string of the molecule is NC(=O)CNS(=O)(=O)c1cccc(C(=O)O)c1. The van der Waals surface area contributed by atoms with Gasteiger partial charge in [-0.3, -0.25) is 4.79 Å². The molecule has 1 amide bonds. The second kappa shape index (κ2) is 4.93. The van der Waals surface area contributed by atoms with Crippen LogP contribution in [0, 0.1) is 0 Å². The molecule has 1 rings (SSSR count). The topological polar surface area (TPSA) is 127 Å². The van der Waals surface area contributed by atoms with E-state index in [1.165, 1.54) is 18.2 Å². The van der Waals surface area contributed by atoms with Gasteiger partial charge in [0.2, 0.25) is 15.9 Å². The minimum absolute atomic E-state index is 0.160. The fraction of sp³-hybridized carbons (Fsp3) is 0.111. The second-order valence-corrected chi connectivity index (χ2v) is 4.89. The monoisotopic (exact) mass is 258 g/mol. The minimum atomic E-state index is -3.93. The molecule has 7 nitrogen and oxygen atoms in total. The fourth-order valence-corrected chi connectivity index (χ4v) is 2.08. The molecule has 92 valence electrons. The molecule has 0 aliphatic carbocycles. The number of nitrogens with one attached hydrogen (secondary N) is 1. The molecule has 0 saturated heterocycles. The van der Waals surface area contributed by atoms with Crippen molar-refractivity contribution in [2.24, 2.45) is 5.73 Å². The summed E-state index contributed by atoms with van der Waals surface area (Å²) in [5, 5.41) is 8.70. The number of carboxylic acid groups (broad SMARTS) is 1. The summed E-state index contributed by atoms with van der Waals surface area (Å²) in [4.78, 5) is 20.9. The highest BCUT2D eigenvalue weighted by Gasteiger charge is 2.16. The average Bonchev–Trinajstić information content (AvgIpc) is 2.27. The number of amides is 1. The van der Waals surface area contributed by atoms with Gasteiger partial charge >= 0.3 is 5.97 Å². The van der Waals surface area contributed by atoms with Crippen molar-refractivity contribution in [2.75, 3.05) is 6.54 Å². The van der Waals surface area contributed by atoms with Crippen molar-refractivity contribution >= 4 is 21.9 Å². The molecule has 0 aromatic heterocycles. The Bertz CT molecular complexity index is 552. The number of primary amides is 1. The van der Waals surface area contributed by atoms with Gasteiger partial charge in [0.25, 0.3) is 0 Å². The summed E-state index contributed by atoms with van der Waals surface area (Å²) >= 11 is 0. The van der Waals surface area contributed by atoms with E-state index in [0.29, 0.717) is 0 Å². The Kier molecular flexibility index (Phi) is 3.81. The molecule has 0 aliphatic heterocycles. The number of aromatic carboxylic acids is 1. The number of hydrogen-bond acceptors (Lipinski definition) is 4. The van der Waals surface area contributed by atoms with Crippen molar-refractivity contribution in [1.82, 2.24) is 4.72 Å². The molecule has 1 aromatic rings. The van der Waals surface area contributed by atoms with E-state index in [4.69, 9.17) is 10.8 Å². The number of hydrogen-bond donors (Lipinski definition) is 3. The third-order valence-electron chi connectivity index (χ3n) is 1.83. The van der Waals surface area contributed by atoms with E-state index < -0.39 is 28.4 Å². The van der Waals surface area contributed by atoms with Crippen LogP contribution in [0.15, 0.2) is 29.2 Å². The summed E-state index contributed by atoms with van der Waals surface area (Å²) in [6, 6.07) is 4.76. The van der Waals surface area contributed by atoms with Crippen molar-refractivity contribution < 1.29 is 23.1 Å². The van der Waals surface area contributed by atoms with Crippen LogP contribution >= 0.6 is 0 Å². The van der Waals surface area contributed by atoms with Crippen molar-refractivity contribution in [3.05, 3.63) is 29.8 Å². The molecule has 4 N–H and O–H groups in total. The molecular weight excluding hydrogens is 248 g/mol. The van der Waals surface area contributed by atoms with Crippen LogP contribution in [0.2, 0.25) is 0 Å². The zero-order valence-corrected chi connectivity index (χ0v) is 9.40. The maximum atomic E-state index is 11.6.